The van der Waals surface area contributed by atoms with Gasteiger partial charge in [0, 0.05) is 10.7 Å². The smallest absolute Gasteiger partial charge is 0.418 e. The predicted molar refractivity (Wildman–Crippen MR) is 115 cm³/mol. The molecule has 1 amide bonds. The van der Waals surface area contributed by atoms with Crippen LogP contribution in [0.25, 0.3) is 17.3 Å². The Bertz CT molecular complexity index is 1230. The van der Waals surface area contributed by atoms with Crippen molar-refractivity contribution in [3.8, 4) is 17.3 Å². The van der Waals surface area contributed by atoms with Crippen molar-refractivity contribution >= 4 is 35.0 Å². The van der Waals surface area contributed by atoms with Gasteiger partial charge in [-0.3, -0.25) is 9.36 Å². The number of nitrogens with one attached hydrogen (secondary N) is 1. The van der Waals surface area contributed by atoms with Crippen LogP contribution >= 0.6 is 23.4 Å². The van der Waals surface area contributed by atoms with Crippen molar-refractivity contribution in [2.75, 3.05) is 11.1 Å². The van der Waals surface area contributed by atoms with Crippen LogP contribution in [0.5, 0.6) is 0 Å². The molecule has 0 radical (unpaired) electrons. The molecular formula is C21H14ClF3N4O2S. The van der Waals surface area contributed by atoms with Crippen LogP contribution < -0.4 is 5.32 Å². The van der Waals surface area contributed by atoms with E-state index in [1.807, 2.05) is 30.3 Å². The number of furan rings is 1. The van der Waals surface area contributed by atoms with Gasteiger partial charge in [-0.15, -0.1) is 10.2 Å². The predicted octanol–water partition coefficient (Wildman–Crippen LogP) is 5.93. The molecule has 32 heavy (non-hydrogen) atoms. The molecule has 1 N–H and O–H groups in total. The Morgan fingerprint density at radius 3 is 2.56 bits per heavy atom. The summed E-state index contributed by atoms with van der Waals surface area (Å²) in [6, 6.07) is 15.8. The molecule has 0 aliphatic carbocycles. The fourth-order valence-electron chi connectivity index (χ4n) is 2.92. The second-order valence-corrected chi connectivity index (χ2v) is 7.86. The lowest BCUT2D eigenvalue weighted by molar-refractivity contribution is -0.137. The molecule has 2 aromatic carbocycles. The summed E-state index contributed by atoms with van der Waals surface area (Å²) < 4.78 is 46.9. The van der Waals surface area contributed by atoms with Crippen LogP contribution in [0.1, 0.15) is 5.56 Å². The maximum absolute atomic E-state index is 13.3. The number of aromatic nitrogens is 3. The minimum atomic E-state index is -4.66. The summed E-state index contributed by atoms with van der Waals surface area (Å²) in [7, 11) is 0. The van der Waals surface area contributed by atoms with Gasteiger partial charge in [0.1, 0.15) is 0 Å². The van der Waals surface area contributed by atoms with E-state index < -0.39 is 17.6 Å². The Hall–Kier alpha value is -3.24. The number of carbonyl (C=O) groups is 1. The van der Waals surface area contributed by atoms with Crippen LogP contribution in [0, 0.1) is 0 Å². The molecule has 4 aromatic rings. The molecule has 164 valence electrons. The number of nitrogens with zero attached hydrogens (tertiary/aromatic N) is 3. The number of hydrogen-bond acceptors (Lipinski definition) is 5. The minimum absolute atomic E-state index is 0.0777. The summed E-state index contributed by atoms with van der Waals surface area (Å²) in [4.78, 5) is 12.4. The summed E-state index contributed by atoms with van der Waals surface area (Å²) in [5.74, 6) is 0.0862. The molecule has 6 nitrogen and oxygen atoms in total. The lowest BCUT2D eigenvalue weighted by Crippen LogP contribution is -2.18. The van der Waals surface area contributed by atoms with Crippen LogP contribution in [-0.2, 0) is 11.0 Å². The standard InChI is InChI=1S/C21H14ClF3N4O2S/c22-13-8-9-16(15(11-13)21(23,24)25)26-18(30)12-32-20-28-27-19(17-7-4-10-31-17)29(20)14-5-2-1-3-6-14/h1-11H,12H2,(H,26,30). The van der Waals surface area contributed by atoms with E-state index in [-0.39, 0.29) is 16.5 Å². The highest BCUT2D eigenvalue weighted by Crippen LogP contribution is 2.36. The first-order valence-electron chi connectivity index (χ1n) is 9.17. The first-order valence-corrected chi connectivity index (χ1v) is 10.5. The molecule has 2 aromatic heterocycles. The molecule has 0 spiro atoms. The zero-order valence-corrected chi connectivity index (χ0v) is 17.7. The van der Waals surface area contributed by atoms with Gasteiger partial charge in [-0.2, -0.15) is 13.2 Å². The van der Waals surface area contributed by atoms with Crippen molar-refractivity contribution in [2.24, 2.45) is 0 Å². The van der Waals surface area contributed by atoms with Gasteiger partial charge < -0.3 is 9.73 Å². The monoisotopic (exact) mass is 478 g/mol. The van der Waals surface area contributed by atoms with E-state index in [1.165, 1.54) is 12.3 Å². The number of alkyl halides is 3. The van der Waals surface area contributed by atoms with E-state index in [9.17, 15) is 18.0 Å². The molecule has 2 heterocycles. The minimum Gasteiger partial charge on any atom is -0.461 e. The number of para-hydroxylation sites is 1. The zero-order valence-electron chi connectivity index (χ0n) is 16.1. The summed E-state index contributed by atoms with van der Waals surface area (Å²) in [6.45, 7) is 0. The summed E-state index contributed by atoms with van der Waals surface area (Å²) >= 11 is 6.71. The van der Waals surface area contributed by atoms with Gasteiger partial charge in [0.25, 0.3) is 0 Å². The third-order valence-electron chi connectivity index (χ3n) is 4.28. The molecule has 0 saturated heterocycles. The van der Waals surface area contributed by atoms with Gasteiger partial charge in [0.05, 0.1) is 23.3 Å². The Morgan fingerprint density at radius 2 is 1.88 bits per heavy atom. The number of rotatable bonds is 6. The first-order chi connectivity index (χ1) is 15.3. The van der Waals surface area contributed by atoms with Crippen LogP contribution in [-0.4, -0.2) is 26.4 Å². The highest BCUT2D eigenvalue weighted by molar-refractivity contribution is 7.99. The molecule has 0 atom stereocenters. The van der Waals surface area contributed by atoms with Gasteiger partial charge in [0.2, 0.25) is 11.7 Å². The average Bonchev–Trinajstić information content (AvgIpc) is 3.43. The third-order valence-corrected chi connectivity index (χ3v) is 5.45. The second-order valence-electron chi connectivity index (χ2n) is 6.48. The average molecular weight is 479 g/mol. The van der Waals surface area contributed by atoms with E-state index in [0.29, 0.717) is 16.7 Å². The number of halogens is 4. The van der Waals surface area contributed by atoms with Gasteiger partial charge >= 0.3 is 6.18 Å². The Kier molecular flexibility index (Phi) is 6.24. The number of benzene rings is 2. The van der Waals surface area contributed by atoms with Crippen molar-refractivity contribution < 1.29 is 22.4 Å². The topological polar surface area (TPSA) is 73.0 Å². The van der Waals surface area contributed by atoms with Crippen molar-refractivity contribution in [3.63, 3.8) is 0 Å². The molecule has 4 rings (SSSR count). The molecule has 11 heteroatoms. The van der Waals surface area contributed by atoms with Crippen molar-refractivity contribution in [1.82, 2.24) is 14.8 Å². The highest BCUT2D eigenvalue weighted by atomic mass is 35.5. The molecular weight excluding hydrogens is 465 g/mol. The molecule has 0 bridgehead atoms. The van der Waals surface area contributed by atoms with Crippen LogP contribution in [0.3, 0.4) is 0 Å². The normalized spacial score (nSPS) is 11.5. The van der Waals surface area contributed by atoms with E-state index in [2.05, 4.69) is 15.5 Å². The fourth-order valence-corrected chi connectivity index (χ4v) is 3.84. The van der Waals surface area contributed by atoms with E-state index in [4.69, 9.17) is 16.0 Å². The summed E-state index contributed by atoms with van der Waals surface area (Å²) in [5, 5.41) is 10.9. The van der Waals surface area contributed by atoms with E-state index in [1.54, 1.807) is 16.7 Å². The van der Waals surface area contributed by atoms with Gasteiger partial charge in [-0.1, -0.05) is 41.6 Å². The zero-order chi connectivity index (χ0) is 22.7. The Balaban J connectivity index is 1.56. The highest BCUT2D eigenvalue weighted by Gasteiger charge is 2.34. The first kappa shape index (κ1) is 22.0. The van der Waals surface area contributed by atoms with Gasteiger partial charge in [-0.25, -0.2) is 0 Å². The van der Waals surface area contributed by atoms with Crippen LogP contribution in [0.2, 0.25) is 5.02 Å². The van der Waals surface area contributed by atoms with Gasteiger partial charge in [-0.05, 0) is 42.5 Å². The Labute approximate surface area is 189 Å². The van der Waals surface area contributed by atoms with E-state index >= 15 is 0 Å². The maximum Gasteiger partial charge on any atom is 0.418 e. The SMILES string of the molecule is O=C(CSc1nnc(-c2ccco2)n1-c1ccccc1)Nc1ccc(Cl)cc1C(F)(F)F. The maximum atomic E-state index is 13.3. The summed E-state index contributed by atoms with van der Waals surface area (Å²) in [6.07, 6.45) is -3.16. The van der Waals surface area contributed by atoms with E-state index in [0.717, 1.165) is 29.6 Å². The Morgan fingerprint density at radius 1 is 1.09 bits per heavy atom. The number of hydrogen-bond donors (Lipinski definition) is 1. The van der Waals surface area contributed by atoms with Crippen LogP contribution in [0.15, 0.2) is 76.5 Å². The molecule has 0 aliphatic heterocycles. The number of anilines is 1. The van der Waals surface area contributed by atoms with Crippen molar-refractivity contribution in [3.05, 3.63) is 77.5 Å². The van der Waals surface area contributed by atoms with Crippen molar-refractivity contribution in [2.45, 2.75) is 11.3 Å². The third kappa shape index (κ3) is 4.81. The molecule has 0 unspecified atom stereocenters. The lowest BCUT2D eigenvalue weighted by atomic mass is 10.1. The van der Waals surface area contributed by atoms with Crippen LogP contribution in [0.4, 0.5) is 18.9 Å². The molecule has 0 fully saturated rings. The second kappa shape index (κ2) is 9.09. The largest absolute Gasteiger partial charge is 0.461 e. The fraction of sp³-hybridized carbons (Fsp3) is 0.0952. The molecule has 0 saturated carbocycles. The lowest BCUT2D eigenvalue weighted by Gasteiger charge is -2.14. The molecule has 0 aliphatic rings. The summed E-state index contributed by atoms with van der Waals surface area (Å²) in [5.41, 5.74) is -0.645. The van der Waals surface area contributed by atoms with Gasteiger partial charge in [0.15, 0.2) is 10.9 Å². The number of thioether (sulfide) groups is 1. The number of carbonyl (C=O) groups excluding carboxylic acids is 1. The quantitative estimate of drug-likeness (QED) is 0.348. The van der Waals surface area contributed by atoms with Crippen molar-refractivity contribution in [1.29, 1.82) is 0 Å². The number of amides is 1.